The Morgan fingerprint density at radius 2 is 2.38 bits per heavy atom. The predicted molar refractivity (Wildman–Crippen MR) is 30.6 cm³/mol. The molecule has 0 spiro atoms. The molecule has 1 rings (SSSR count). The average molecular weight is 186 g/mol. The SMILES string of the molecule is [CH2-]C1[CH-]CN(C)C1.[Y]. The summed E-state index contributed by atoms with van der Waals surface area (Å²) < 4.78 is 0. The zero-order valence-corrected chi connectivity index (χ0v) is 8.14. The molecule has 1 nitrogen and oxygen atoms in total. The summed E-state index contributed by atoms with van der Waals surface area (Å²) in [6.07, 6.45) is 2.24. The number of hydrogen-bond acceptors (Lipinski definition) is 1. The fourth-order valence-corrected chi connectivity index (χ4v) is 0.878. The van der Waals surface area contributed by atoms with Crippen LogP contribution in [0, 0.1) is 19.3 Å². The van der Waals surface area contributed by atoms with Crippen molar-refractivity contribution in [2.45, 2.75) is 0 Å². The molecule has 0 aromatic heterocycles. The van der Waals surface area contributed by atoms with E-state index in [1.54, 1.807) is 0 Å². The molecule has 1 unspecified atom stereocenters. The van der Waals surface area contributed by atoms with Crippen LogP contribution in [0.15, 0.2) is 0 Å². The second kappa shape index (κ2) is 3.97. The molecule has 1 heterocycles. The van der Waals surface area contributed by atoms with Crippen molar-refractivity contribution >= 4 is 0 Å². The summed E-state index contributed by atoms with van der Waals surface area (Å²) in [7, 11) is 2.11. The molecule has 0 amide bonds. The van der Waals surface area contributed by atoms with E-state index in [2.05, 4.69) is 25.3 Å². The van der Waals surface area contributed by atoms with Gasteiger partial charge >= 0.3 is 0 Å². The van der Waals surface area contributed by atoms with Gasteiger partial charge in [-0.25, -0.2) is 0 Å². The number of rotatable bonds is 0. The van der Waals surface area contributed by atoms with Crippen LogP contribution in [0.5, 0.6) is 0 Å². The second-order valence-corrected chi connectivity index (χ2v) is 2.22. The third-order valence-electron chi connectivity index (χ3n) is 1.30. The molecule has 0 bridgehead atoms. The van der Waals surface area contributed by atoms with Crippen LogP contribution in [-0.2, 0) is 32.7 Å². The topological polar surface area (TPSA) is 3.24 Å². The molecule has 0 N–H and O–H groups in total. The van der Waals surface area contributed by atoms with E-state index in [4.69, 9.17) is 0 Å². The van der Waals surface area contributed by atoms with E-state index >= 15 is 0 Å². The van der Waals surface area contributed by atoms with Crippen molar-refractivity contribution in [3.05, 3.63) is 13.3 Å². The fraction of sp³-hybridized carbons (Fsp3) is 0.667. The smallest absolute Gasteiger partial charge is 0 e. The molecule has 0 aliphatic carbocycles. The molecular formula is C6H11NY-2. The minimum atomic E-state index is 0. The number of likely N-dealkylation sites (tertiary alicyclic amines) is 1. The van der Waals surface area contributed by atoms with E-state index in [1.807, 2.05) is 0 Å². The molecule has 8 heavy (non-hydrogen) atoms. The second-order valence-electron chi connectivity index (χ2n) is 2.22. The van der Waals surface area contributed by atoms with Crippen LogP contribution in [0.4, 0.5) is 0 Å². The van der Waals surface area contributed by atoms with Crippen LogP contribution in [-0.4, -0.2) is 25.0 Å². The molecule has 1 aliphatic rings. The molecule has 1 atom stereocenters. The van der Waals surface area contributed by atoms with Crippen LogP contribution in [0.1, 0.15) is 0 Å². The predicted octanol–water partition coefficient (Wildman–Crippen LogP) is 0.584. The first-order valence-corrected chi connectivity index (χ1v) is 2.64. The third-order valence-corrected chi connectivity index (χ3v) is 1.30. The summed E-state index contributed by atoms with van der Waals surface area (Å²) in [5.74, 6) is 0.574. The molecule has 45 valence electrons. The minimum absolute atomic E-state index is 0. The van der Waals surface area contributed by atoms with E-state index < -0.39 is 0 Å². The van der Waals surface area contributed by atoms with Gasteiger partial charge in [-0.3, -0.25) is 5.92 Å². The molecular weight excluding hydrogens is 175 g/mol. The van der Waals surface area contributed by atoms with Gasteiger partial charge < -0.3 is 18.2 Å². The van der Waals surface area contributed by atoms with Gasteiger partial charge in [-0.1, -0.05) is 6.54 Å². The first-order chi connectivity index (χ1) is 3.29. The molecule has 2 heteroatoms. The van der Waals surface area contributed by atoms with Gasteiger partial charge in [0.05, 0.1) is 0 Å². The first kappa shape index (κ1) is 9.06. The minimum Gasteiger partial charge on any atom is -0.368 e. The average Bonchev–Trinajstić information content (AvgIpc) is 1.87. The van der Waals surface area contributed by atoms with Crippen molar-refractivity contribution < 1.29 is 32.7 Å². The van der Waals surface area contributed by atoms with Crippen molar-refractivity contribution in [2.24, 2.45) is 5.92 Å². The summed E-state index contributed by atoms with van der Waals surface area (Å²) in [6, 6.07) is 0. The Bertz CT molecular complexity index is 57.5. The van der Waals surface area contributed by atoms with Gasteiger partial charge in [-0.15, -0.1) is 6.54 Å². The van der Waals surface area contributed by atoms with Gasteiger partial charge in [0.15, 0.2) is 0 Å². The van der Waals surface area contributed by atoms with Gasteiger partial charge in [0, 0.05) is 32.7 Å². The zero-order chi connectivity index (χ0) is 5.28. The monoisotopic (exact) mass is 186 g/mol. The molecule has 1 aliphatic heterocycles. The quantitative estimate of drug-likeness (QED) is 0.500. The molecule has 1 saturated heterocycles. The van der Waals surface area contributed by atoms with Crippen molar-refractivity contribution in [1.29, 1.82) is 0 Å². The van der Waals surface area contributed by atoms with Gasteiger partial charge in [0.25, 0.3) is 0 Å². The number of hydrogen-bond donors (Lipinski definition) is 0. The zero-order valence-electron chi connectivity index (χ0n) is 5.30. The van der Waals surface area contributed by atoms with Gasteiger partial charge in [-0.05, 0) is 7.05 Å². The molecule has 1 radical (unpaired) electrons. The molecule has 0 saturated carbocycles. The van der Waals surface area contributed by atoms with Crippen LogP contribution in [0.2, 0.25) is 0 Å². The van der Waals surface area contributed by atoms with E-state index in [0.717, 1.165) is 13.1 Å². The van der Waals surface area contributed by atoms with Crippen LogP contribution in [0.25, 0.3) is 0 Å². The maximum atomic E-state index is 3.89. The molecule has 1 fully saturated rings. The van der Waals surface area contributed by atoms with Gasteiger partial charge in [-0.2, -0.15) is 0 Å². The molecule has 0 aromatic carbocycles. The fourth-order valence-electron chi connectivity index (χ4n) is 0.878. The van der Waals surface area contributed by atoms with Crippen molar-refractivity contribution in [2.75, 3.05) is 20.1 Å². The van der Waals surface area contributed by atoms with Crippen molar-refractivity contribution in [3.63, 3.8) is 0 Å². The van der Waals surface area contributed by atoms with Crippen LogP contribution in [0.3, 0.4) is 0 Å². The van der Waals surface area contributed by atoms with Crippen LogP contribution >= 0.6 is 0 Å². The Balaban J connectivity index is 0.000000490. The third kappa shape index (κ3) is 2.56. The maximum Gasteiger partial charge on any atom is 0 e. The Hall–Kier alpha value is 1.06. The van der Waals surface area contributed by atoms with Crippen molar-refractivity contribution in [1.82, 2.24) is 4.90 Å². The number of nitrogens with zero attached hydrogens (tertiary/aromatic N) is 1. The Morgan fingerprint density at radius 3 is 2.50 bits per heavy atom. The van der Waals surface area contributed by atoms with E-state index in [-0.39, 0.29) is 32.7 Å². The maximum absolute atomic E-state index is 3.89. The first-order valence-electron chi connectivity index (χ1n) is 2.64. The largest absolute Gasteiger partial charge is 0.368 e. The summed E-state index contributed by atoms with van der Waals surface area (Å²) >= 11 is 0. The van der Waals surface area contributed by atoms with E-state index in [1.165, 1.54) is 0 Å². The Labute approximate surface area is 76.7 Å². The summed E-state index contributed by atoms with van der Waals surface area (Å²) in [6.45, 7) is 6.15. The van der Waals surface area contributed by atoms with Crippen LogP contribution < -0.4 is 0 Å². The van der Waals surface area contributed by atoms with Crippen molar-refractivity contribution in [3.8, 4) is 0 Å². The summed E-state index contributed by atoms with van der Waals surface area (Å²) in [4.78, 5) is 2.26. The molecule has 0 aromatic rings. The standard InChI is InChI=1S/C6H11N.Y/c1-6-3-4-7(2)5-6;/h3,6H,1,4-5H2,2H3;/q-2;. The Morgan fingerprint density at radius 1 is 1.75 bits per heavy atom. The Kier molecular flexibility index (Phi) is 4.50. The van der Waals surface area contributed by atoms with E-state index in [9.17, 15) is 0 Å². The van der Waals surface area contributed by atoms with Gasteiger partial charge in [0.2, 0.25) is 0 Å². The normalized spacial score (nSPS) is 30.0. The summed E-state index contributed by atoms with van der Waals surface area (Å²) in [5, 5.41) is 0. The summed E-state index contributed by atoms with van der Waals surface area (Å²) in [5.41, 5.74) is 0. The van der Waals surface area contributed by atoms with E-state index in [0.29, 0.717) is 5.92 Å². The van der Waals surface area contributed by atoms with Gasteiger partial charge in [0.1, 0.15) is 0 Å².